The van der Waals surface area contributed by atoms with Crippen molar-refractivity contribution in [3.63, 3.8) is 0 Å². The first-order chi connectivity index (χ1) is 9.36. The molecule has 0 saturated heterocycles. The molecule has 2 rings (SSSR count). The average molecular weight is 338 g/mol. The second-order valence-corrected chi connectivity index (χ2v) is 6.38. The number of nitrogens with zero attached hydrogens (tertiary/aromatic N) is 4. The van der Waals surface area contributed by atoms with Crippen molar-refractivity contribution >= 4 is 27.5 Å². The van der Waals surface area contributed by atoms with Gasteiger partial charge >= 0.3 is 0 Å². The van der Waals surface area contributed by atoms with Crippen molar-refractivity contribution in [2.24, 2.45) is 0 Å². The van der Waals surface area contributed by atoms with Gasteiger partial charge in [-0.3, -0.25) is 4.79 Å². The molecular formula is C13H16BrN5O. The largest absolute Gasteiger partial charge is 0.324 e. The number of nitrogens with one attached hydrogen (secondary N) is 1. The van der Waals surface area contributed by atoms with E-state index in [1.807, 2.05) is 45.0 Å². The van der Waals surface area contributed by atoms with Crippen LogP contribution in [0.3, 0.4) is 0 Å². The lowest BCUT2D eigenvalue weighted by Crippen LogP contribution is -2.25. The van der Waals surface area contributed by atoms with Gasteiger partial charge in [0.05, 0.1) is 0 Å². The summed E-state index contributed by atoms with van der Waals surface area (Å²) >= 11 is 3.35. The Morgan fingerprint density at radius 2 is 1.95 bits per heavy atom. The van der Waals surface area contributed by atoms with E-state index in [1.165, 1.54) is 4.68 Å². The van der Waals surface area contributed by atoms with Crippen LogP contribution in [0.5, 0.6) is 0 Å². The Kier molecular flexibility index (Phi) is 4.17. The van der Waals surface area contributed by atoms with Crippen LogP contribution in [-0.2, 0) is 16.8 Å². The third kappa shape index (κ3) is 3.63. The molecule has 2 aromatic rings. The number of carbonyl (C=O) groups excluding carboxylic acids is 1. The van der Waals surface area contributed by atoms with Crippen LogP contribution in [0.2, 0.25) is 0 Å². The maximum absolute atomic E-state index is 12.0. The monoisotopic (exact) mass is 337 g/mol. The summed E-state index contributed by atoms with van der Waals surface area (Å²) in [4.78, 5) is 12.0. The fraction of sp³-hybridized carbons (Fsp3) is 0.385. The minimum Gasteiger partial charge on any atom is -0.324 e. The molecule has 0 unspecified atom stereocenters. The summed E-state index contributed by atoms with van der Waals surface area (Å²) in [6, 6.07) is 7.39. The van der Waals surface area contributed by atoms with Gasteiger partial charge in [0, 0.05) is 15.6 Å². The second kappa shape index (κ2) is 5.70. The molecule has 0 radical (unpaired) electrons. The van der Waals surface area contributed by atoms with Crippen molar-refractivity contribution in [1.29, 1.82) is 0 Å². The van der Waals surface area contributed by atoms with Gasteiger partial charge in [-0.15, -0.1) is 5.10 Å². The molecule has 20 heavy (non-hydrogen) atoms. The maximum Gasteiger partial charge on any atom is 0.246 e. The van der Waals surface area contributed by atoms with Gasteiger partial charge in [-0.25, -0.2) is 4.68 Å². The fourth-order valence-electron chi connectivity index (χ4n) is 1.72. The molecule has 0 bridgehead atoms. The first-order valence-corrected chi connectivity index (χ1v) is 6.97. The van der Waals surface area contributed by atoms with E-state index in [0.717, 1.165) is 10.2 Å². The molecule has 0 aliphatic carbocycles. The van der Waals surface area contributed by atoms with E-state index in [4.69, 9.17) is 0 Å². The number of rotatable bonds is 3. The topological polar surface area (TPSA) is 72.7 Å². The van der Waals surface area contributed by atoms with Crippen LogP contribution in [0.15, 0.2) is 28.7 Å². The van der Waals surface area contributed by atoms with E-state index >= 15 is 0 Å². The highest BCUT2D eigenvalue weighted by Gasteiger charge is 2.22. The summed E-state index contributed by atoms with van der Waals surface area (Å²) in [7, 11) is 0. The molecule has 0 atom stereocenters. The molecule has 6 nitrogen and oxygen atoms in total. The van der Waals surface area contributed by atoms with Crippen LogP contribution in [-0.4, -0.2) is 26.1 Å². The predicted molar refractivity (Wildman–Crippen MR) is 79.3 cm³/mol. The molecule has 7 heteroatoms. The summed E-state index contributed by atoms with van der Waals surface area (Å²) < 4.78 is 2.49. The number of amides is 1. The van der Waals surface area contributed by atoms with Gasteiger partial charge in [0.2, 0.25) is 5.91 Å². The molecule has 1 aromatic heterocycles. The van der Waals surface area contributed by atoms with Crippen molar-refractivity contribution in [3.05, 3.63) is 34.6 Å². The van der Waals surface area contributed by atoms with E-state index in [2.05, 4.69) is 36.8 Å². The van der Waals surface area contributed by atoms with Crippen LogP contribution < -0.4 is 5.32 Å². The first kappa shape index (κ1) is 14.6. The zero-order valence-corrected chi connectivity index (χ0v) is 13.2. The molecule has 106 valence electrons. The lowest BCUT2D eigenvalue weighted by atomic mass is 9.96. The van der Waals surface area contributed by atoms with E-state index in [1.54, 1.807) is 0 Å². The summed E-state index contributed by atoms with van der Waals surface area (Å²) in [5.74, 6) is 0.522. The Balaban J connectivity index is 2.05. The molecule has 0 aliphatic rings. The van der Waals surface area contributed by atoms with Crippen molar-refractivity contribution in [2.45, 2.75) is 32.7 Å². The zero-order chi connectivity index (χ0) is 14.8. The van der Waals surface area contributed by atoms with Crippen molar-refractivity contribution in [1.82, 2.24) is 20.2 Å². The van der Waals surface area contributed by atoms with Gasteiger partial charge in [-0.05, 0) is 34.7 Å². The highest BCUT2D eigenvalue weighted by Crippen LogP contribution is 2.18. The van der Waals surface area contributed by atoms with Crippen LogP contribution in [0.4, 0.5) is 5.69 Å². The SMILES string of the molecule is CC(C)(C)c1nnnn1CC(=O)Nc1ccc(Br)cc1. The molecule has 1 amide bonds. The minimum atomic E-state index is -0.207. The van der Waals surface area contributed by atoms with Crippen molar-refractivity contribution < 1.29 is 4.79 Å². The quantitative estimate of drug-likeness (QED) is 0.933. The third-order valence-electron chi connectivity index (χ3n) is 2.62. The highest BCUT2D eigenvalue weighted by atomic mass is 79.9. The second-order valence-electron chi connectivity index (χ2n) is 5.47. The molecule has 0 saturated carbocycles. The number of hydrogen-bond acceptors (Lipinski definition) is 4. The Morgan fingerprint density at radius 3 is 2.55 bits per heavy atom. The van der Waals surface area contributed by atoms with Crippen molar-refractivity contribution in [2.75, 3.05) is 5.32 Å². The molecule has 0 spiro atoms. The normalized spacial score (nSPS) is 11.4. The highest BCUT2D eigenvalue weighted by molar-refractivity contribution is 9.10. The predicted octanol–water partition coefficient (Wildman–Crippen LogP) is 2.37. The number of benzene rings is 1. The van der Waals surface area contributed by atoms with Crippen molar-refractivity contribution in [3.8, 4) is 0 Å². The van der Waals surface area contributed by atoms with Crippen LogP contribution in [0, 0.1) is 0 Å². The molecule has 0 aliphatic heterocycles. The smallest absolute Gasteiger partial charge is 0.246 e. The lowest BCUT2D eigenvalue weighted by molar-refractivity contribution is -0.117. The number of anilines is 1. The van der Waals surface area contributed by atoms with E-state index in [9.17, 15) is 4.79 Å². The Labute approximate surface area is 125 Å². The number of tetrazole rings is 1. The van der Waals surface area contributed by atoms with Gasteiger partial charge in [-0.2, -0.15) is 0 Å². The van der Waals surface area contributed by atoms with Crippen LogP contribution >= 0.6 is 15.9 Å². The average Bonchev–Trinajstić information content (AvgIpc) is 2.80. The number of aromatic nitrogens is 4. The number of hydrogen-bond donors (Lipinski definition) is 1. The number of halogens is 1. The molecular weight excluding hydrogens is 322 g/mol. The fourth-order valence-corrected chi connectivity index (χ4v) is 1.98. The van der Waals surface area contributed by atoms with Gasteiger partial charge in [0.25, 0.3) is 0 Å². The Morgan fingerprint density at radius 1 is 1.30 bits per heavy atom. The summed E-state index contributed by atoms with van der Waals surface area (Å²) in [6.07, 6.45) is 0. The molecule has 0 fully saturated rings. The molecule has 1 N–H and O–H groups in total. The van der Waals surface area contributed by atoms with E-state index < -0.39 is 0 Å². The zero-order valence-electron chi connectivity index (χ0n) is 11.6. The Hall–Kier alpha value is -1.76. The Bertz CT molecular complexity index is 600. The van der Waals surface area contributed by atoms with Gasteiger partial charge < -0.3 is 5.32 Å². The van der Waals surface area contributed by atoms with Crippen LogP contribution in [0.25, 0.3) is 0 Å². The van der Waals surface area contributed by atoms with Gasteiger partial charge in [-0.1, -0.05) is 36.7 Å². The summed E-state index contributed by atoms with van der Waals surface area (Å²) in [5.41, 5.74) is 0.532. The minimum absolute atomic E-state index is 0.0929. The van der Waals surface area contributed by atoms with E-state index in [0.29, 0.717) is 5.82 Å². The summed E-state index contributed by atoms with van der Waals surface area (Å²) in [5, 5.41) is 14.3. The standard InChI is InChI=1S/C13H16BrN5O/c1-13(2,3)12-16-17-18-19(12)8-11(20)15-10-6-4-9(14)5-7-10/h4-7H,8H2,1-3H3,(H,15,20). The van der Waals surface area contributed by atoms with Gasteiger partial charge in [0.15, 0.2) is 5.82 Å². The van der Waals surface area contributed by atoms with Crippen LogP contribution in [0.1, 0.15) is 26.6 Å². The van der Waals surface area contributed by atoms with E-state index in [-0.39, 0.29) is 17.9 Å². The maximum atomic E-state index is 12.0. The first-order valence-electron chi connectivity index (χ1n) is 6.18. The van der Waals surface area contributed by atoms with Gasteiger partial charge in [0.1, 0.15) is 6.54 Å². The molecule has 1 heterocycles. The number of carbonyl (C=O) groups is 1. The third-order valence-corrected chi connectivity index (χ3v) is 3.15. The molecule has 1 aromatic carbocycles. The lowest BCUT2D eigenvalue weighted by Gasteiger charge is -2.16. The summed E-state index contributed by atoms with van der Waals surface area (Å²) in [6.45, 7) is 6.10.